The van der Waals surface area contributed by atoms with Crippen LogP contribution in [0.3, 0.4) is 0 Å². The summed E-state index contributed by atoms with van der Waals surface area (Å²) < 4.78 is 13.8. The predicted molar refractivity (Wildman–Crippen MR) is 83.0 cm³/mol. The summed E-state index contributed by atoms with van der Waals surface area (Å²) in [7, 11) is 1.90. The molecule has 0 saturated heterocycles. The van der Waals surface area contributed by atoms with Crippen molar-refractivity contribution in [2.45, 2.75) is 26.8 Å². The van der Waals surface area contributed by atoms with Crippen LogP contribution in [0.5, 0.6) is 0 Å². The molecule has 1 N–H and O–H groups in total. The lowest BCUT2D eigenvalue weighted by Crippen LogP contribution is -2.19. The molecule has 2 aromatic rings. The predicted octanol–water partition coefficient (Wildman–Crippen LogP) is 4.71. The molecule has 0 radical (unpaired) electrons. The third-order valence-corrected chi connectivity index (χ3v) is 3.87. The van der Waals surface area contributed by atoms with Crippen molar-refractivity contribution in [2.75, 3.05) is 7.05 Å². The fourth-order valence-electron chi connectivity index (χ4n) is 2.57. The van der Waals surface area contributed by atoms with Crippen molar-refractivity contribution in [3.05, 3.63) is 69.0 Å². The van der Waals surface area contributed by atoms with Crippen LogP contribution in [0.4, 0.5) is 4.39 Å². The van der Waals surface area contributed by atoms with Gasteiger partial charge in [0.25, 0.3) is 0 Å². The van der Waals surface area contributed by atoms with Crippen LogP contribution in [0.2, 0.25) is 5.02 Å². The molecule has 1 unspecified atom stereocenters. The average molecular weight is 292 g/mol. The Labute approximate surface area is 124 Å². The molecule has 0 spiro atoms. The minimum absolute atomic E-state index is 0.00620. The Hall–Kier alpha value is -1.38. The first-order valence-electron chi connectivity index (χ1n) is 6.64. The molecular formula is C17H19ClFN. The molecule has 1 atom stereocenters. The average Bonchev–Trinajstić information content (AvgIpc) is 2.40. The van der Waals surface area contributed by atoms with E-state index in [1.165, 1.54) is 0 Å². The van der Waals surface area contributed by atoms with Crippen molar-refractivity contribution < 1.29 is 4.39 Å². The molecule has 0 amide bonds. The Morgan fingerprint density at radius 1 is 1.00 bits per heavy atom. The minimum atomic E-state index is -0.133. The quantitative estimate of drug-likeness (QED) is 0.863. The number of hydrogen-bond acceptors (Lipinski definition) is 1. The van der Waals surface area contributed by atoms with E-state index >= 15 is 0 Å². The highest BCUT2D eigenvalue weighted by Crippen LogP contribution is 2.29. The molecule has 0 aliphatic carbocycles. The fourth-order valence-corrected chi connectivity index (χ4v) is 2.75. The second-order valence-electron chi connectivity index (χ2n) is 5.19. The van der Waals surface area contributed by atoms with Gasteiger partial charge in [0, 0.05) is 5.02 Å². The molecule has 0 heterocycles. The lowest BCUT2D eigenvalue weighted by Gasteiger charge is -2.21. The standard InChI is InChI=1S/C17H19ClFN/c1-10-5-6-14(18)9-15(10)17(20-4)13-7-11(2)16(19)12(3)8-13/h5-9,17,20H,1-4H3. The lowest BCUT2D eigenvalue weighted by atomic mass is 9.93. The van der Waals surface area contributed by atoms with Crippen LogP contribution in [0, 0.1) is 26.6 Å². The van der Waals surface area contributed by atoms with E-state index in [9.17, 15) is 4.39 Å². The summed E-state index contributed by atoms with van der Waals surface area (Å²) in [6.07, 6.45) is 0. The molecule has 1 nitrogen and oxygen atoms in total. The van der Waals surface area contributed by atoms with E-state index in [2.05, 4.69) is 12.2 Å². The highest BCUT2D eigenvalue weighted by Gasteiger charge is 2.17. The fraction of sp³-hybridized carbons (Fsp3) is 0.294. The van der Waals surface area contributed by atoms with E-state index in [1.54, 1.807) is 13.8 Å². The Morgan fingerprint density at radius 2 is 1.60 bits per heavy atom. The molecule has 0 fully saturated rings. The molecule has 0 aliphatic heterocycles. The number of rotatable bonds is 3. The number of hydrogen-bond donors (Lipinski definition) is 1. The normalized spacial score (nSPS) is 12.5. The van der Waals surface area contributed by atoms with Crippen LogP contribution in [-0.4, -0.2) is 7.05 Å². The molecule has 20 heavy (non-hydrogen) atoms. The first-order valence-corrected chi connectivity index (χ1v) is 7.01. The smallest absolute Gasteiger partial charge is 0.129 e. The van der Waals surface area contributed by atoms with Crippen molar-refractivity contribution in [2.24, 2.45) is 0 Å². The number of halogens is 2. The largest absolute Gasteiger partial charge is 0.309 e. The van der Waals surface area contributed by atoms with Gasteiger partial charge in [-0.1, -0.05) is 29.8 Å². The monoisotopic (exact) mass is 291 g/mol. The topological polar surface area (TPSA) is 12.0 Å². The van der Waals surface area contributed by atoms with Crippen LogP contribution in [0.15, 0.2) is 30.3 Å². The molecule has 0 saturated carbocycles. The number of nitrogens with one attached hydrogen (secondary N) is 1. The van der Waals surface area contributed by atoms with Gasteiger partial charge in [0.15, 0.2) is 0 Å². The molecule has 0 aliphatic rings. The first kappa shape index (κ1) is 15.0. The van der Waals surface area contributed by atoms with Gasteiger partial charge in [-0.25, -0.2) is 4.39 Å². The van der Waals surface area contributed by atoms with Crippen molar-refractivity contribution in [1.82, 2.24) is 5.32 Å². The van der Waals surface area contributed by atoms with Gasteiger partial charge in [0.1, 0.15) is 5.82 Å². The van der Waals surface area contributed by atoms with E-state index in [1.807, 2.05) is 37.4 Å². The highest BCUT2D eigenvalue weighted by molar-refractivity contribution is 6.30. The Balaban J connectivity index is 2.55. The maximum absolute atomic E-state index is 13.8. The molecule has 3 heteroatoms. The summed E-state index contributed by atoms with van der Waals surface area (Å²) in [5.74, 6) is -0.133. The highest BCUT2D eigenvalue weighted by atomic mass is 35.5. The Bertz CT molecular complexity index is 614. The van der Waals surface area contributed by atoms with Gasteiger partial charge < -0.3 is 5.32 Å². The summed E-state index contributed by atoms with van der Waals surface area (Å²) in [6, 6.07) is 9.64. The van der Waals surface area contributed by atoms with Crippen LogP contribution in [0.25, 0.3) is 0 Å². The molecular weight excluding hydrogens is 273 g/mol. The maximum atomic E-state index is 13.8. The zero-order valence-corrected chi connectivity index (χ0v) is 13.0. The third-order valence-electron chi connectivity index (χ3n) is 3.63. The number of aryl methyl sites for hydroxylation is 3. The van der Waals surface area contributed by atoms with Gasteiger partial charge in [-0.05, 0) is 67.8 Å². The zero-order valence-electron chi connectivity index (χ0n) is 12.2. The molecule has 2 rings (SSSR count). The van der Waals surface area contributed by atoms with E-state index in [0.29, 0.717) is 16.1 Å². The van der Waals surface area contributed by atoms with E-state index in [-0.39, 0.29) is 11.9 Å². The van der Waals surface area contributed by atoms with E-state index in [0.717, 1.165) is 16.7 Å². The Morgan fingerprint density at radius 3 is 2.15 bits per heavy atom. The maximum Gasteiger partial charge on any atom is 0.129 e. The van der Waals surface area contributed by atoms with Crippen molar-refractivity contribution in [3.63, 3.8) is 0 Å². The van der Waals surface area contributed by atoms with Gasteiger partial charge in [-0.15, -0.1) is 0 Å². The van der Waals surface area contributed by atoms with Crippen molar-refractivity contribution >= 4 is 11.6 Å². The van der Waals surface area contributed by atoms with Crippen molar-refractivity contribution in [1.29, 1.82) is 0 Å². The second kappa shape index (κ2) is 5.94. The van der Waals surface area contributed by atoms with Crippen LogP contribution in [0.1, 0.15) is 33.9 Å². The molecule has 2 aromatic carbocycles. The SMILES string of the molecule is CNC(c1cc(C)c(F)c(C)c1)c1cc(Cl)ccc1C. The van der Waals surface area contributed by atoms with Crippen LogP contribution >= 0.6 is 11.6 Å². The Kier molecular flexibility index (Phi) is 4.46. The first-order chi connectivity index (χ1) is 9.43. The van der Waals surface area contributed by atoms with Gasteiger partial charge in [-0.2, -0.15) is 0 Å². The van der Waals surface area contributed by atoms with E-state index < -0.39 is 0 Å². The summed E-state index contributed by atoms with van der Waals surface area (Å²) >= 11 is 6.11. The summed E-state index contributed by atoms with van der Waals surface area (Å²) in [4.78, 5) is 0. The molecule has 106 valence electrons. The summed E-state index contributed by atoms with van der Waals surface area (Å²) in [5.41, 5.74) is 4.66. The van der Waals surface area contributed by atoms with Gasteiger partial charge in [0.05, 0.1) is 6.04 Å². The van der Waals surface area contributed by atoms with Crippen molar-refractivity contribution in [3.8, 4) is 0 Å². The third kappa shape index (κ3) is 2.87. The second-order valence-corrected chi connectivity index (χ2v) is 5.63. The van der Waals surface area contributed by atoms with Crippen LogP contribution < -0.4 is 5.32 Å². The van der Waals surface area contributed by atoms with Crippen LogP contribution in [-0.2, 0) is 0 Å². The molecule has 0 bridgehead atoms. The van der Waals surface area contributed by atoms with Gasteiger partial charge in [0.2, 0.25) is 0 Å². The molecule has 0 aromatic heterocycles. The summed E-state index contributed by atoms with van der Waals surface area (Å²) in [5, 5.41) is 4.01. The van der Waals surface area contributed by atoms with E-state index in [4.69, 9.17) is 11.6 Å². The number of benzene rings is 2. The lowest BCUT2D eigenvalue weighted by molar-refractivity contribution is 0.604. The minimum Gasteiger partial charge on any atom is -0.309 e. The summed E-state index contributed by atoms with van der Waals surface area (Å²) in [6.45, 7) is 5.64. The zero-order chi connectivity index (χ0) is 14.9. The van der Waals surface area contributed by atoms with Gasteiger partial charge >= 0.3 is 0 Å². The van der Waals surface area contributed by atoms with Gasteiger partial charge in [-0.3, -0.25) is 0 Å².